The quantitative estimate of drug-likeness (QED) is 0.608. The molecular weight excluding hydrogens is 166 g/mol. The van der Waals surface area contributed by atoms with Gasteiger partial charge in [0, 0.05) is 13.5 Å². The zero-order valence-electron chi connectivity index (χ0n) is 8.91. The van der Waals surface area contributed by atoms with Crippen LogP contribution in [0.25, 0.3) is 0 Å². The molecule has 0 radical (unpaired) electrons. The molecule has 13 heavy (non-hydrogen) atoms. The average Bonchev–Trinajstić information content (AvgIpc) is 2.11. The van der Waals surface area contributed by atoms with Gasteiger partial charge in [0.1, 0.15) is 6.29 Å². The third-order valence-electron chi connectivity index (χ3n) is 2.06. The van der Waals surface area contributed by atoms with Gasteiger partial charge in [-0.3, -0.25) is 4.79 Å². The summed E-state index contributed by atoms with van der Waals surface area (Å²) in [6, 6.07) is -0.257. The number of aldehydes is 1. The first-order valence-electron chi connectivity index (χ1n) is 4.73. The molecule has 0 aliphatic heterocycles. The van der Waals surface area contributed by atoms with Crippen molar-refractivity contribution in [3.05, 3.63) is 0 Å². The summed E-state index contributed by atoms with van der Waals surface area (Å²) in [6.45, 7) is 5.89. The van der Waals surface area contributed by atoms with Gasteiger partial charge in [-0.2, -0.15) is 0 Å². The maximum absolute atomic E-state index is 11.3. The van der Waals surface area contributed by atoms with Gasteiger partial charge in [0.25, 0.3) is 0 Å². The highest BCUT2D eigenvalue weighted by Crippen LogP contribution is 2.09. The van der Waals surface area contributed by atoms with Crippen molar-refractivity contribution < 1.29 is 9.59 Å². The second-order valence-electron chi connectivity index (χ2n) is 3.69. The van der Waals surface area contributed by atoms with Crippen LogP contribution in [-0.2, 0) is 9.59 Å². The van der Waals surface area contributed by atoms with Gasteiger partial charge in [-0.05, 0) is 12.3 Å². The molecule has 0 aromatic carbocycles. The van der Waals surface area contributed by atoms with E-state index < -0.39 is 0 Å². The standard InChI is InChI=1S/C10H19NO2/c1-5-10(13)11(4)9(7-12)6-8(2)3/h7-9H,5-6H2,1-4H3/t9-/m0/s1. The number of rotatable bonds is 5. The minimum atomic E-state index is -0.257. The number of hydrogen-bond acceptors (Lipinski definition) is 2. The Kier molecular flexibility index (Phi) is 5.35. The van der Waals surface area contributed by atoms with Crippen molar-refractivity contribution in [1.82, 2.24) is 4.90 Å². The fourth-order valence-corrected chi connectivity index (χ4v) is 1.22. The lowest BCUT2D eigenvalue weighted by molar-refractivity contribution is -0.134. The van der Waals surface area contributed by atoms with E-state index in [0.29, 0.717) is 12.3 Å². The minimum Gasteiger partial charge on any atom is -0.336 e. The van der Waals surface area contributed by atoms with Crippen molar-refractivity contribution >= 4 is 12.2 Å². The molecule has 0 spiro atoms. The normalized spacial score (nSPS) is 12.7. The fraction of sp³-hybridized carbons (Fsp3) is 0.800. The molecule has 0 unspecified atom stereocenters. The summed E-state index contributed by atoms with van der Waals surface area (Å²) in [5, 5.41) is 0. The molecule has 0 saturated carbocycles. The van der Waals surface area contributed by atoms with Gasteiger partial charge in [-0.1, -0.05) is 20.8 Å². The van der Waals surface area contributed by atoms with Crippen LogP contribution in [0.5, 0.6) is 0 Å². The van der Waals surface area contributed by atoms with Gasteiger partial charge in [-0.15, -0.1) is 0 Å². The van der Waals surface area contributed by atoms with Crippen LogP contribution < -0.4 is 0 Å². The van der Waals surface area contributed by atoms with Crippen LogP contribution in [0.2, 0.25) is 0 Å². The Hall–Kier alpha value is -0.860. The Bertz CT molecular complexity index is 178. The summed E-state index contributed by atoms with van der Waals surface area (Å²) < 4.78 is 0. The first-order valence-corrected chi connectivity index (χ1v) is 4.73. The summed E-state index contributed by atoms with van der Waals surface area (Å²) in [4.78, 5) is 23.5. The van der Waals surface area contributed by atoms with Crippen molar-refractivity contribution in [1.29, 1.82) is 0 Å². The number of amides is 1. The van der Waals surface area contributed by atoms with Gasteiger partial charge >= 0.3 is 0 Å². The molecule has 0 aromatic rings. The van der Waals surface area contributed by atoms with Gasteiger partial charge in [0.05, 0.1) is 6.04 Å². The van der Waals surface area contributed by atoms with Gasteiger partial charge in [0.2, 0.25) is 5.91 Å². The first-order chi connectivity index (χ1) is 6.02. The monoisotopic (exact) mass is 185 g/mol. The molecule has 3 nitrogen and oxygen atoms in total. The van der Waals surface area contributed by atoms with Crippen molar-refractivity contribution in [2.45, 2.75) is 39.7 Å². The number of nitrogens with zero attached hydrogens (tertiary/aromatic N) is 1. The van der Waals surface area contributed by atoms with Crippen LogP contribution in [0.1, 0.15) is 33.6 Å². The van der Waals surface area contributed by atoms with E-state index in [9.17, 15) is 9.59 Å². The number of likely N-dealkylation sites (N-methyl/N-ethyl adjacent to an activating group) is 1. The van der Waals surface area contributed by atoms with Crippen LogP contribution in [0, 0.1) is 5.92 Å². The van der Waals surface area contributed by atoms with Gasteiger partial charge < -0.3 is 9.69 Å². The van der Waals surface area contributed by atoms with Crippen molar-refractivity contribution in [3.8, 4) is 0 Å². The van der Waals surface area contributed by atoms with E-state index in [1.807, 2.05) is 13.8 Å². The molecule has 0 N–H and O–H groups in total. The Morgan fingerprint density at radius 3 is 2.31 bits per heavy atom. The lowest BCUT2D eigenvalue weighted by Gasteiger charge is -2.24. The van der Waals surface area contributed by atoms with Crippen molar-refractivity contribution in [3.63, 3.8) is 0 Å². The van der Waals surface area contributed by atoms with E-state index in [-0.39, 0.29) is 11.9 Å². The molecule has 1 amide bonds. The Morgan fingerprint density at radius 2 is 2.00 bits per heavy atom. The van der Waals surface area contributed by atoms with Crippen LogP contribution in [0.3, 0.4) is 0 Å². The second-order valence-corrected chi connectivity index (χ2v) is 3.69. The average molecular weight is 185 g/mol. The highest BCUT2D eigenvalue weighted by Gasteiger charge is 2.18. The van der Waals surface area contributed by atoms with Crippen LogP contribution in [0.15, 0.2) is 0 Å². The van der Waals surface area contributed by atoms with E-state index in [4.69, 9.17) is 0 Å². The Morgan fingerprint density at radius 1 is 1.46 bits per heavy atom. The van der Waals surface area contributed by atoms with Crippen LogP contribution in [-0.4, -0.2) is 30.2 Å². The molecule has 0 fully saturated rings. The fourth-order valence-electron chi connectivity index (χ4n) is 1.22. The molecule has 0 aliphatic rings. The minimum absolute atomic E-state index is 0.0257. The molecule has 76 valence electrons. The summed E-state index contributed by atoms with van der Waals surface area (Å²) >= 11 is 0. The summed E-state index contributed by atoms with van der Waals surface area (Å²) in [5.41, 5.74) is 0. The molecule has 0 rings (SSSR count). The zero-order chi connectivity index (χ0) is 10.4. The lowest BCUT2D eigenvalue weighted by Crippen LogP contribution is -2.38. The largest absolute Gasteiger partial charge is 0.336 e. The van der Waals surface area contributed by atoms with E-state index in [2.05, 4.69) is 0 Å². The van der Waals surface area contributed by atoms with E-state index >= 15 is 0 Å². The maximum Gasteiger partial charge on any atom is 0.222 e. The van der Waals surface area contributed by atoms with E-state index in [1.165, 1.54) is 4.90 Å². The number of hydrogen-bond donors (Lipinski definition) is 0. The third kappa shape index (κ3) is 4.06. The summed E-state index contributed by atoms with van der Waals surface area (Å²) in [5.74, 6) is 0.458. The maximum atomic E-state index is 11.3. The second kappa shape index (κ2) is 5.73. The topological polar surface area (TPSA) is 37.4 Å². The SMILES string of the molecule is CCC(=O)N(C)[C@H](C=O)CC(C)C. The van der Waals surface area contributed by atoms with Gasteiger partial charge in [-0.25, -0.2) is 0 Å². The predicted octanol–water partition coefficient (Wildman–Crippen LogP) is 1.47. The molecule has 0 saturated heterocycles. The van der Waals surface area contributed by atoms with Crippen LogP contribution >= 0.6 is 0 Å². The summed E-state index contributed by atoms with van der Waals surface area (Å²) in [7, 11) is 1.69. The van der Waals surface area contributed by atoms with Crippen LogP contribution in [0.4, 0.5) is 0 Å². The highest BCUT2D eigenvalue weighted by atomic mass is 16.2. The lowest BCUT2D eigenvalue weighted by atomic mass is 10.0. The number of carbonyl (C=O) groups excluding carboxylic acids is 2. The van der Waals surface area contributed by atoms with Crippen molar-refractivity contribution in [2.75, 3.05) is 7.05 Å². The molecule has 0 aliphatic carbocycles. The molecule has 0 bridgehead atoms. The molecule has 0 heterocycles. The smallest absolute Gasteiger partial charge is 0.222 e. The van der Waals surface area contributed by atoms with Gasteiger partial charge in [0.15, 0.2) is 0 Å². The molecule has 1 atom stereocenters. The molecular formula is C10H19NO2. The highest BCUT2D eigenvalue weighted by molar-refractivity contribution is 5.79. The Labute approximate surface area is 80.1 Å². The number of carbonyl (C=O) groups is 2. The Balaban J connectivity index is 4.22. The van der Waals surface area contributed by atoms with Crippen molar-refractivity contribution in [2.24, 2.45) is 5.92 Å². The zero-order valence-corrected chi connectivity index (χ0v) is 8.91. The third-order valence-corrected chi connectivity index (χ3v) is 2.06. The molecule has 0 aromatic heterocycles. The molecule has 3 heteroatoms. The first kappa shape index (κ1) is 12.1. The van der Waals surface area contributed by atoms with E-state index in [1.54, 1.807) is 14.0 Å². The predicted molar refractivity (Wildman–Crippen MR) is 52.4 cm³/mol. The van der Waals surface area contributed by atoms with E-state index in [0.717, 1.165) is 12.7 Å². The summed E-state index contributed by atoms with van der Waals surface area (Å²) in [6.07, 6.45) is 2.05.